The zero-order valence-electron chi connectivity index (χ0n) is 11.0. The predicted octanol–water partition coefficient (Wildman–Crippen LogP) is 3.39. The van der Waals surface area contributed by atoms with Crippen molar-refractivity contribution in [2.45, 2.75) is 45.1 Å². The Bertz CT molecular complexity index is 456. The van der Waals surface area contributed by atoms with Gasteiger partial charge in [0.1, 0.15) is 0 Å². The molecule has 0 radical (unpaired) electrons. The lowest BCUT2D eigenvalue weighted by Gasteiger charge is -2.19. The SMILES string of the molecule is COc1ccc(CC#N)c(C)c1OC1CCCC1. The van der Waals surface area contributed by atoms with Gasteiger partial charge in [0, 0.05) is 0 Å². The fraction of sp³-hybridized carbons (Fsp3) is 0.533. The van der Waals surface area contributed by atoms with E-state index in [1.807, 2.05) is 19.1 Å². The Morgan fingerprint density at radius 3 is 2.67 bits per heavy atom. The molecule has 1 fully saturated rings. The monoisotopic (exact) mass is 245 g/mol. The maximum Gasteiger partial charge on any atom is 0.164 e. The molecule has 1 saturated carbocycles. The summed E-state index contributed by atoms with van der Waals surface area (Å²) in [5, 5.41) is 8.82. The van der Waals surface area contributed by atoms with Crippen molar-refractivity contribution in [1.82, 2.24) is 0 Å². The molecule has 1 aromatic rings. The third-order valence-electron chi connectivity index (χ3n) is 3.56. The molecule has 0 bridgehead atoms. The Hall–Kier alpha value is -1.69. The minimum Gasteiger partial charge on any atom is -0.493 e. The smallest absolute Gasteiger partial charge is 0.164 e. The maximum absolute atomic E-state index is 8.82. The number of ether oxygens (including phenoxy) is 2. The molecule has 96 valence electrons. The van der Waals surface area contributed by atoms with Gasteiger partial charge in [0.25, 0.3) is 0 Å². The minimum absolute atomic E-state index is 0.301. The highest BCUT2D eigenvalue weighted by atomic mass is 16.5. The van der Waals surface area contributed by atoms with Crippen LogP contribution in [0.5, 0.6) is 11.5 Å². The quantitative estimate of drug-likeness (QED) is 0.816. The summed E-state index contributed by atoms with van der Waals surface area (Å²) in [5.74, 6) is 1.58. The van der Waals surface area contributed by atoms with E-state index in [0.29, 0.717) is 12.5 Å². The summed E-state index contributed by atoms with van der Waals surface area (Å²) in [6.07, 6.45) is 5.43. The van der Waals surface area contributed by atoms with Crippen LogP contribution in [0.1, 0.15) is 36.8 Å². The van der Waals surface area contributed by atoms with Gasteiger partial charge in [-0.15, -0.1) is 0 Å². The van der Waals surface area contributed by atoms with E-state index in [1.54, 1.807) is 7.11 Å². The standard InChI is InChI=1S/C15H19NO2/c1-11-12(9-10-16)7-8-14(17-2)15(11)18-13-5-3-4-6-13/h7-8,13H,3-6,9H2,1-2H3. The second-order valence-electron chi connectivity index (χ2n) is 4.74. The van der Waals surface area contributed by atoms with Crippen molar-refractivity contribution in [2.24, 2.45) is 0 Å². The van der Waals surface area contributed by atoms with Crippen LogP contribution < -0.4 is 9.47 Å². The highest BCUT2D eigenvalue weighted by Crippen LogP contribution is 2.36. The van der Waals surface area contributed by atoms with E-state index in [9.17, 15) is 0 Å². The number of hydrogen-bond acceptors (Lipinski definition) is 3. The average molecular weight is 245 g/mol. The predicted molar refractivity (Wildman–Crippen MR) is 69.9 cm³/mol. The van der Waals surface area contributed by atoms with Crippen LogP contribution in [0.25, 0.3) is 0 Å². The first-order chi connectivity index (χ1) is 8.76. The lowest BCUT2D eigenvalue weighted by Crippen LogP contribution is -2.13. The molecule has 0 unspecified atom stereocenters. The van der Waals surface area contributed by atoms with Crippen LogP contribution in [0.15, 0.2) is 12.1 Å². The van der Waals surface area contributed by atoms with E-state index < -0.39 is 0 Å². The van der Waals surface area contributed by atoms with Crippen LogP contribution in [0.2, 0.25) is 0 Å². The van der Waals surface area contributed by atoms with Crippen molar-refractivity contribution in [3.05, 3.63) is 23.3 Å². The summed E-state index contributed by atoms with van der Waals surface area (Å²) in [6.45, 7) is 2.00. The Kier molecular flexibility index (Phi) is 4.09. The molecule has 0 aromatic heterocycles. The van der Waals surface area contributed by atoms with Gasteiger partial charge >= 0.3 is 0 Å². The van der Waals surface area contributed by atoms with E-state index in [-0.39, 0.29) is 0 Å². The number of nitrogens with zero attached hydrogens (tertiary/aromatic N) is 1. The Balaban J connectivity index is 2.29. The van der Waals surface area contributed by atoms with Crippen molar-refractivity contribution in [3.8, 4) is 17.6 Å². The summed E-state index contributed by atoms with van der Waals surface area (Å²) in [5.41, 5.74) is 2.05. The lowest BCUT2D eigenvalue weighted by molar-refractivity contribution is 0.199. The first-order valence-electron chi connectivity index (χ1n) is 6.46. The molecule has 1 aliphatic carbocycles. The lowest BCUT2D eigenvalue weighted by atomic mass is 10.0. The zero-order valence-corrected chi connectivity index (χ0v) is 11.0. The van der Waals surface area contributed by atoms with E-state index in [0.717, 1.165) is 35.5 Å². The molecule has 0 aliphatic heterocycles. The fourth-order valence-corrected chi connectivity index (χ4v) is 2.46. The Morgan fingerprint density at radius 2 is 2.06 bits per heavy atom. The number of nitriles is 1. The molecule has 1 aromatic carbocycles. The second kappa shape index (κ2) is 5.77. The molecular formula is C15H19NO2. The number of hydrogen-bond donors (Lipinski definition) is 0. The molecule has 0 spiro atoms. The van der Waals surface area contributed by atoms with Gasteiger partial charge in [-0.1, -0.05) is 6.07 Å². The topological polar surface area (TPSA) is 42.2 Å². The van der Waals surface area contributed by atoms with Gasteiger partial charge in [-0.25, -0.2) is 0 Å². The van der Waals surface area contributed by atoms with Crippen molar-refractivity contribution < 1.29 is 9.47 Å². The third-order valence-corrected chi connectivity index (χ3v) is 3.56. The molecule has 2 rings (SSSR count). The molecule has 0 heterocycles. The van der Waals surface area contributed by atoms with Crippen molar-refractivity contribution in [2.75, 3.05) is 7.11 Å². The fourth-order valence-electron chi connectivity index (χ4n) is 2.46. The third kappa shape index (κ3) is 2.59. The summed E-state index contributed by atoms with van der Waals surface area (Å²) in [7, 11) is 1.65. The van der Waals surface area contributed by atoms with Gasteiger partial charge in [0.05, 0.1) is 25.7 Å². The first-order valence-corrected chi connectivity index (χ1v) is 6.46. The molecule has 3 heteroatoms. The molecule has 0 atom stereocenters. The van der Waals surface area contributed by atoms with E-state index >= 15 is 0 Å². The normalized spacial score (nSPS) is 15.4. The summed E-state index contributed by atoms with van der Waals surface area (Å²) >= 11 is 0. The molecule has 0 amide bonds. The average Bonchev–Trinajstić information content (AvgIpc) is 2.87. The Labute approximate surface area is 108 Å². The van der Waals surface area contributed by atoms with E-state index in [4.69, 9.17) is 14.7 Å². The van der Waals surface area contributed by atoms with Gasteiger partial charge in [-0.05, 0) is 49.8 Å². The van der Waals surface area contributed by atoms with Crippen molar-refractivity contribution >= 4 is 0 Å². The van der Waals surface area contributed by atoms with Gasteiger partial charge in [-0.2, -0.15) is 5.26 Å². The number of rotatable bonds is 4. The maximum atomic E-state index is 8.82. The van der Waals surface area contributed by atoms with Gasteiger partial charge in [-0.3, -0.25) is 0 Å². The minimum atomic E-state index is 0.301. The van der Waals surface area contributed by atoms with Crippen LogP contribution in [0.4, 0.5) is 0 Å². The summed E-state index contributed by atoms with van der Waals surface area (Å²) in [4.78, 5) is 0. The molecule has 3 nitrogen and oxygen atoms in total. The largest absolute Gasteiger partial charge is 0.493 e. The number of benzene rings is 1. The van der Waals surface area contributed by atoms with Crippen LogP contribution in [-0.4, -0.2) is 13.2 Å². The van der Waals surface area contributed by atoms with Gasteiger partial charge < -0.3 is 9.47 Å². The van der Waals surface area contributed by atoms with Crippen molar-refractivity contribution in [3.63, 3.8) is 0 Å². The summed E-state index contributed by atoms with van der Waals surface area (Å²) in [6, 6.07) is 6.02. The summed E-state index contributed by atoms with van der Waals surface area (Å²) < 4.78 is 11.4. The van der Waals surface area contributed by atoms with E-state index in [2.05, 4.69) is 6.07 Å². The van der Waals surface area contributed by atoms with Crippen molar-refractivity contribution in [1.29, 1.82) is 5.26 Å². The molecule has 18 heavy (non-hydrogen) atoms. The zero-order chi connectivity index (χ0) is 13.0. The Morgan fingerprint density at radius 1 is 1.33 bits per heavy atom. The molecule has 0 N–H and O–H groups in total. The van der Waals surface area contributed by atoms with Crippen LogP contribution in [0.3, 0.4) is 0 Å². The van der Waals surface area contributed by atoms with Crippen LogP contribution >= 0.6 is 0 Å². The molecule has 1 aliphatic rings. The van der Waals surface area contributed by atoms with E-state index in [1.165, 1.54) is 12.8 Å². The highest BCUT2D eigenvalue weighted by Gasteiger charge is 2.20. The van der Waals surface area contributed by atoms with Gasteiger partial charge in [0.15, 0.2) is 11.5 Å². The number of methoxy groups -OCH3 is 1. The van der Waals surface area contributed by atoms with Crippen LogP contribution in [-0.2, 0) is 6.42 Å². The highest BCUT2D eigenvalue weighted by molar-refractivity contribution is 5.50. The van der Waals surface area contributed by atoms with Gasteiger partial charge in [0.2, 0.25) is 0 Å². The van der Waals surface area contributed by atoms with Crippen LogP contribution in [0, 0.1) is 18.3 Å². The second-order valence-corrected chi connectivity index (χ2v) is 4.74. The molecule has 0 saturated heterocycles. The molecular weight excluding hydrogens is 226 g/mol. The first kappa shape index (κ1) is 12.8.